The van der Waals surface area contributed by atoms with Crippen LogP contribution in [0.2, 0.25) is 16.6 Å². The summed E-state index contributed by atoms with van der Waals surface area (Å²) in [5.74, 6) is 0.00792. The number of carbonyl (C=O) groups excluding carboxylic acids is 1. The molecule has 1 heterocycles. The Kier molecular flexibility index (Phi) is 7.94. The number of benzene rings is 1. The van der Waals surface area contributed by atoms with Crippen LogP contribution in [0.4, 0.5) is 5.69 Å². The number of ether oxygens (including phenoxy) is 2. The van der Waals surface area contributed by atoms with Gasteiger partial charge in [0.15, 0.2) is 6.29 Å². The molecule has 1 aromatic carbocycles. The van der Waals surface area contributed by atoms with Crippen LogP contribution in [0.1, 0.15) is 53.5 Å². The standard InChI is InChI=1S/C24H39NO4Si/c1-17(2)30(18(3)4,19(5)6)29-15-14-24(16-22(27-8)28-9)20-12-10-11-13-21(20)25(7)23(24)26/h10-15,17-19,22H,16H2,1-9H3. The lowest BCUT2D eigenvalue weighted by atomic mass is 9.78. The zero-order chi connectivity index (χ0) is 22.7. The fraction of sp³-hybridized carbons (Fsp3) is 0.625. The van der Waals surface area contributed by atoms with Gasteiger partial charge in [0.2, 0.25) is 5.91 Å². The number of fused-ring (bicyclic) bond motifs is 1. The van der Waals surface area contributed by atoms with E-state index in [2.05, 4.69) is 41.5 Å². The van der Waals surface area contributed by atoms with E-state index in [1.165, 1.54) is 0 Å². The summed E-state index contributed by atoms with van der Waals surface area (Å²) in [4.78, 5) is 15.3. The van der Waals surface area contributed by atoms with Gasteiger partial charge in [0.1, 0.15) is 5.41 Å². The monoisotopic (exact) mass is 433 g/mol. The highest BCUT2D eigenvalue weighted by atomic mass is 28.4. The van der Waals surface area contributed by atoms with Crippen LogP contribution in [-0.2, 0) is 24.1 Å². The van der Waals surface area contributed by atoms with Gasteiger partial charge in [0.25, 0.3) is 8.32 Å². The van der Waals surface area contributed by atoms with E-state index in [1.807, 2.05) is 43.7 Å². The molecular weight excluding hydrogens is 394 g/mol. The van der Waals surface area contributed by atoms with Gasteiger partial charge in [-0.2, -0.15) is 0 Å². The number of methoxy groups -OCH3 is 2. The van der Waals surface area contributed by atoms with Crippen molar-refractivity contribution in [3.63, 3.8) is 0 Å². The maximum Gasteiger partial charge on any atom is 0.257 e. The second-order valence-corrected chi connectivity index (χ2v) is 14.6. The molecule has 1 amide bonds. The summed E-state index contributed by atoms with van der Waals surface area (Å²) in [6.45, 7) is 13.5. The van der Waals surface area contributed by atoms with Crippen molar-refractivity contribution in [2.75, 3.05) is 26.2 Å². The molecule has 2 rings (SSSR count). The van der Waals surface area contributed by atoms with Crippen molar-refractivity contribution >= 4 is 19.9 Å². The Balaban J connectivity index is 2.54. The maximum atomic E-state index is 13.5. The van der Waals surface area contributed by atoms with Gasteiger partial charge < -0.3 is 18.8 Å². The number of nitrogens with zero attached hydrogens (tertiary/aromatic N) is 1. The van der Waals surface area contributed by atoms with Gasteiger partial charge in [-0.05, 0) is 34.3 Å². The van der Waals surface area contributed by atoms with Crippen LogP contribution in [-0.4, -0.2) is 41.8 Å². The van der Waals surface area contributed by atoms with Gasteiger partial charge in [-0.3, -0.25) is 4.79 Å². The van der Waals surface area contributed by atoms with E-state index in [-0.39, 0.29) is 5.91 Å². The molecule has 1 aliphatic rings. The number of carbonyl (C=O) groups is 1. The summed E-state index contributed by atoms with van der Waals surface area (Å²) in [6, 6.07) is 7.92. The Bertz CT molecular complexity index is 736. The van der Waals surface area contributed by atoms with Crippen LogP contribution < -0.4 is 4.90 Å². The number of hydrogen-bond acceptors (Lipinski definition) is 4. The van der Waals surface area contributed by atoms with Crippen LogP contribution in [0.15, 0.2) is 36.6 Å². The van der Waals surface area contributed by atoms with E-state index < -0.39 is 20.0 Å². The van der Waals surface area contributed by atoms with Crippen LogP contribution in [0.3, 0.4) is 0 Å². The third-order valence-electron chi connectivity index (χ3n) is 6.78. The molecule has 0 saturated carbocycles. The number of para-hydroxylation sites is 1. The average Bonchev–Trinajstić information content (AvgIpc) is 2.91. The Morgan fingerprint density at radius 2 is 1.53 bits per heavy atom. The highest BCUT2D eigenvalue weighted by Gasteiger charge is 2.50. The highest BCUT2D eigenvalue weighted by Crippen LogP contribution is 2.47. The molecule has 0 spiro atoms. The van der Waals surface area contributed by atoms with Crippen molar-refractivity contribution in [2.24, 2.45) is 0 Å². The van der Waals surface area contributed by atoms with Crippen LogP contribution in [0.5, 0.6) is 0 Å². The Morgan fingerprint density at radius 3 is 2.03 bits per heavy atom. The lowest BCUT2D eigenvalue weighted by molar-refractivity contribution is -0.133. The summed E-state index contributed by atoms with van der Waals surface area (Å²) in [5.41, 5.74) is 2.36. The summed E-state index contributed by atoms with van der Waals surface area (Å²) < 4.78 is 17.6. The molecule has 0 radical (unpaired) electrons. The minimum absolute atomic E-state index is 0.00792. The minimum atomic E-state index is -2.09. The van der Waals surface area contributed by atoms with Crippen molar-refractivity contribution in [1.29, 1.82) is 0 Å². The molecule has 0 aliphatic carbocycles. The van der Waals surface area contributed by atoms with Crippen molar-refractivity contribution in [3.05, 3.63) is 42.2 Å². The van der Waals surface area contributed by atoms with E-state index in [0.29, 0.717) is 23.0 Å². The summed E-state index contributed by atoms with van der Waals surface area (Å²) in [5, 5.41) is 0. The number of amides is 1. The topological polar surface area (TPSA) is 48.0 Å². The number of rotatable bonds is 10. The number of anilines is 1. The number of hydrogen-bond donors (Lipinski definition) is 0. The molecule has 1 aromatic rings. The summed E-state index contributed by atoms with van der Waals surface area (Å²) in [7, 11) is 2.93. The Hall–Kier alpha value is -1.63. The fourth-order valence-electron chi connectivity index (χ4n) is 5.30. The van der Waals surface area contributed by atoms with E-state index in [4.69, 9.17) is 13.9 Å². The van der Waals surface area contributed by atoms with Gasteiger partial charge in [0, 0.05) is 33.4 Å². The highest BCUT2D eigenvalue weighted by molar-refractivity contribution is 6.77. The second-order valence-electron chi connectivity index (χ2n) is 9.20. The quantitative estimate of drug-likeness (QED) is 0.273. The average molecular weight is 434 g/mol. The molecule has 30 heavy (non-hydrogen) atoms. The maximum absolute atomic E-state index is 13.5. The van der Waals surface area contributed by atoms with Gasteiger partial charge >= 0.3 is 0 Å². The normalized spacial score (nSPS) is 19.8. The van der Waals surface area contributed by atoms with Gasteiger partial charge in [0.05, 0.1) is 6.26 Å². The Morgan fingerprint density at radius 1 is 1.00 bits per heavy atom. The number of likely N-dealkylation sites (N-methyl/N-ethyl adjacent to an activating group) is 1. The summed E-state index contributed by atoms with van der Waals surface area (Å²) in [6.07, 6.45) is 3.64. The molecule has 168 valence electrons. The first-order chi connectivity index (χ1) is 14.1. The molecule has 0 saturated heterocycles. The fourth-order valence-corrected chi connectivity index (χ4v) is 10.4. The smallest absolute Gasteiger partial charge is 0.257 e. The molecular formula is C24H39NO4Si. The SMILES string of the molecule is COC(CC1(C=CO[Si](C(C)C)(C(C)C)C(C)C)C(=O)N(C)c2ccccc21)OC. The van der Waals surface area contributed by atoms with E-state index in [1.54, 1.807) is 19.1 Å². The minimum Gasteiger partial charge on any atom is -0.548 e. The van der Waals surface area contributed by atoms with Gasteiger partial charge in [-0.15, -0.1) is 0 Å². The van der Waals surface area contributed by atoms with E-state index >= 15 is 0 Å². The first kappa shape index (κ1) is 24.6. The lowest BCUT2D eigenvalue weighted by Crippen LogP contribution is -2.46. The molecule has 5 nitrogen and oxygen atoms in total. The molecule has 1 atom stereocenters. The predicted octanol–water partition coefficient (Wildman–Crippen LogP) is 5.62. The third-order valence-corrected chi connectivity index (χ3v) is 12.7. The third kappa shape index (κ3) is 4.10. The lowest BCUT2D eigenvalue weighted by Gasteiger charge is -2.41. The Labute approximate surface area is 183 Å². The predicted molar refractivity (Wildman–Crippen MR) is 125 cm³/mol. The van der Waals surface area contributed by atoms with E-state index in [0.717, 1.165) is 11.3 Å². The van der Waals surface area contributed by atoms with E-state index in [9.17, 15) is 4.79 Å². The zero-order valence-corrected chi connectivity index (χ0v) is 21.1. The largest absolute Gasteiger partial charge is 0.548 e. The molecule has 0 fully saturated rings. The second kappa shape index (κ2) is 9.67. The van der Waals surface area contributed by atoms with Crippen molar-refractivity contribution in [3.8, 4) is 0 Å². The van der Waals surface area contributed by atoms with Gasteiger partial charge in [-0.25, -0.2) is 0 Å². The zero-order valence-electron chi connectivity index (χ0n) is 20.1. The molecule has 0 bridgehead atoms. The van der Waals surface area contributed by atoms with Crippen molar-refractivity contribution in [2.45, 2.75) is 76.3 Å². The van der Waals surface area contributed by atoms with Crippen LogP contribution >= 0.6 is 0 Å². The first-order valence-electron chi connectivity index (χ1n) is 10.9. The van der Waals surface area contributed by atoms with Crippen molar-refractivity contribution < 1.29 is 18.7 Å². The van der Waals surface area contributed by atoms with Crippen molar-refractivity contribution in [1.82, 2.24) is 0 Å². The van der Waals surface area contributed by atoms with Crippen LogP contribution in [0, 0.1) is 0 Å². The first-order valence-corrected chi connectivity index (χ1v) is 13.0. The molecule has 0 N–H and O–H groups in total. The summed E-state index contributed by atoms with van der Waals surface area (Å²) >= 11 is 0. The molecule has 1 aliphatic heterocycles. The van der Waals surface area contributed by atoms with Gasteiger partial charge in [-0.1, -0.05) is 59.7 Å². The molecule has 0 aromatic heterocycles. The molecule has 6 heteroatoms. The molecule has 1 unspecified atom stereocenters. The van der Waals surface area contributed by atoms with Crippen LogP contribution in [0.25, 0.3) is 0 Å².